The van der Waals surface area contributed by atoms with Crippen molar-refractivity contribution in [3.8, 4) is 11.6 Å². The SMILES string of the molecule is CNC(C)c1cccnc1Oc1cccc(Cl)c1Cl. The maximum atomic E-state index is 6.11. The van der Waals surface area contributed by atoms with Gasteiger partial charge in [0.25, 0.3) is 0 Å². The Balaban J connectivity index is 2.36. The van der Waals surface area contributed by atoms with Gasteiger partial charge < -0.3 is 10.1 Å². The number of benzene rings is 1. The smallest absolute Gasteiger partial charge is 0.224 e. The lowest BCUT2D eigenvalue weighted by Gasteiger charge is -2.15. The Bertz CT molecular complexity index is 575. The second kappa shape index (κ2) is 6.24. The fraction of sp³-hybridized carbons (Fsp3) is 0.214. The molecule has 3 nitrogen and oxygen atoms in total. The van der Waals surface area contributed by atoms with Crippen molar-refractivity contribution in [3.05, 3.63) is 52.1 Å². The van der Waals surface area contributed by atoms with Gasteiger partial charge in [-0.2, -0.15) is 0 Å². The van der Waals surface area contributed by atoms with Gasteiger partial charge in [0, 0.05) is 17.8 Å². The van der Waals surface area contributed by atoms with E-state index in [1.54, 1.807) is 24.4 Å². The van der Waals surface area contributed by atoms with E-state index in [-0.39, 0.29) is 6.04 Å². The molecule has 0 amide bonds. The van der Waals surface area contributed by atoms with Gasteiger partial charge in [-0.3, -0.25) is 0 Å². The van der Waals surface area contributed by atoms with Crippen LogP contribution in [0.2, 0.25) is 10.0 Å². The summed E-state index contributed by atoms with van der Waals surface area (Å²) in [4.78, 5) is 4.25. The number of hydrogen-bond acceptors (Lipinski definition) is 3. The number of hydrogen-bond donors (Lipinski definition) is 1. The van der Waals surface area contributed by atoms with E-state index < -0.39 is 0 Å². The third kappa shape index (κ3) is 3.18. The van der Waals surface area contributed by atoms with Crippen LogP contribution in [0.3, 0.4) is 0 Å². The zero-order chi connectivity index (χ0) is 13.8. The molecule has 0 saturated carbocycles. The lowest BCUT2D eigenvalue weighted by atomic mass is 10.1. The third-order valence-corrected chi connectivity index (χ3v) is 3.62. The second-order valence-electron chi connectivity index (χ2n) is 4.06. The molecule has 0 aliphatic rings. The number of rotatable bonds is 4. The lowest BCUT2D eigenvalue weighted by molar-refractivity contribution is 0.447. The number of pyridine rings is 1. The first-order valence-electron chi connectivity index (χ1n) is 5.87. The molecule has 1 aromatic heterocycles. The zero-order valence-electron chi connectivity index (χ0n) is 10.7. The summed E-state index contributed by atoms with van der Waals surface area (Å²) in [5.41, 5.74) is 0.959. The van der Waals surface area contributed by atoms with E-state index in [4.69, 9.17) is 27.9 Å². The summed E-state index contributed by atoms with van der Waals surface area (Å²) in [7, 11) is 1.88. The summed E-state index contributed by atoms with van der Waals surface area (Å²) >= 11 is 12.1. The number of aromatic nitrogens is 1. The molecular formula is C14H14Cl2N2O. The molecule has 1 aromatic carbocycles. The molecule has 1 heterocycles. The molecule has 2 rings (SSSR count). The van der Waals surface area contributed by atoms with Crippen LogP contribution in [0.15, 0.2) is 36.5 Å². The minimum absolute atomic E-state index is 0.127. The summed E-state index contributed by atoms with van der Waals surface area (Å²) in [6, 6.07) is 9.22. The standard InChI is InChI=1S/C14H14Cl2N2O/c1-9(17-2)10-5-4-8-18-14(10)19-12-7-3-6-11(15)13(12)16/h3-9,17H,1-2H3. The Morgan fingerprint density at radius 2 is 2.00 bits per heavy atom. The predicted octanol–water partition coefficient (Wildman–Crippen LogP) is 4.46. The van der Waals surface area contributed by atoms with Gasteiger partial charge in [0.05, 0.1) is 5.02 Å². The van der Waals surface area contributed by atoms with Crippen LogP contribution >= 0.6 is 23.2 Å². The fourth-order valence-electron chi connectivity index (χ4n) is 1.64. The molecule has 5 heteroatoms. The molecule has 0 fully saturated rings. The summed E-state index contributed by atoms with van der Waals surface area (Å²) in [5.74, 6) is 1.02. The average Bonchev–Trinajstić information content (AvgIpc) is 2.43. The molecule has 0 spiro atoms. The topological polar surface area (TPSA) is 34.2 Å². The van der Waals surface area contributed by atoms with E-state index in [0.717, 1.165) is 5.56 Å². The van der Waals surface area contributed by atoms with Crippen molar-refractivity contribution in [1.82, 2.24) is 10.3 Å². The van der Waals surface area contributed by atoms with Gasteiger partial charge in [-0.25, -0.2) is 4.98 Å². The van der Waals surface area contributed by atoms with Crippen molar-refractivity contribution >= 4 is 23.2 Å². The maximum absolute atomic E-state index is 6.11. The van der Waals surface area contributed by atoms with Crippen LogP contribution in [-0.2, 0) is 0 Å². The van der Waals surface area contributed by atoms with Crippen molar-refractivity contribution in [3.63, 3.8) is 0 Å². The minimum Gasteiger partial charge on any atom is -0.437 e. The van der Waals surface area contributed by atoms with Crippen LogP contribution in [0.1, 0.15) is 18.5 Å². The van der Waals surface area contributed by atoms with E-state index >= 15 is 0 Å². The van der Waals surface area contributed by atoms with Crippen molar-refractivity contribution in [2.24, 2.45) is 0 Å². The number of nitrogens with zero attached hydrogens (tertiary/aromatic N) is 1. The normalized spacial score (nSPS) is 12.2. The quantitative estimate of drug-likeness (QED) is 0.904. The van der Waals surface area contributed by atoms with Gasteiger partial charge in [-0.05, 0) is 32.2 Å². The van der Waals surface area contributed by atoms with Crippen molar-refractivity contribution in [2.75, 3.05) is 7.05 Å². The van der Waals surface area contributed by atoms with Crippen molar-refractivity contribution < 1.29 is 4.74 Å². The van der Waals surface area contributed by atoms with Crippen molar-refractivity contribution in [2.45, 2.75) is 13.0 Å². The summed E-state index contributed by atoms with van der Waals surface area (Å²) in [5, 5.41) is 4.00. The molecule has 0 aliphatic heterocycles. The van der Waals surface area contributed by atoms with E-state index in [1.807, 2.05) is 26.1 Å². The molecule has 1 unspecified atom stereocenters. The molecule has 1 N–H and O–H groups in total. The van der Waals surface area contributed by atoms with Crippen LogP contribution in [0.4, 0.5) is 0 Å². The van der Waals surface area contributed by atoms with Crippen LogP contribution < -0.4 is 10.1 Å². The van der Waals surface area contributed by atoms with E-state index in [2.05, 4.69) is 10.3 Å². The highest BCUT2D eigenvalue weighted by Crippen LogP contribution is 2.35. The largest absolute Gasteiger partial charge is 0.437 e. The molecule has 1 atom stereocenters. The van der Waals surface area contributed by atoms with Crippen molar-refractivity contribution in [1.29, 1.82) is 0 Å². The van der Waals surface area contributed by atoms with Crippen LogP contribution in [0, 0.1) is 0 Å². The van der Waals surface area contributed by atoms with Gasteiger partial charge in [0.2, 0.25) is 5.88 Å². The first-order chi connectivity index (χ1) is 9.13. The highest BCUT2D eigenvalue weighted by atomic mass is 35.5. The molecule has 2 aromatic rings. The monoisotopic (exact) mass is 296 g/mol. The third-order valence-electron chi connectivity index (χ3n) is 2.82. The van der Waals surface area contributed by atoms with Gasteiger partial charge in [0.1, 0.15) is 10.8 Å². The Kier molecular flexibility index (Phi) is 4.64. The predicted molar refractivity (Wildman–Crippen MR) is 78.2 cm³/mol. The van der Waals surface area contributed by atoms with Gasteiger partial charge >= 0.3 is 0 Å². The van der Waals surface area contributed by atoms with Gasteiger partial charge in [-0.15, -0.1) is 0 Å². The Morgan fingerprint density at radius 3 is 2.74 bits per heavy atom. The maximum Gasteiger partial charge on any atom is 0.224 e. The van der Waals surface area contributed by atoms with Crippen LogP contribution in [0.25, 0.3) is 0 Å². The Labute approximate surface area is 122 Å². The average molecular weight is 297 g/mol. The first kappa shape index (κ1) is 14.1. The van der Waals surface area contributed by atoms with E-state index in [0.29, 0.717) is 21.7 Å². The van der Waals surface area contributed by atoms with Gasteiger partial charge in [0.15, 0.2) is 0 Å². The number of halogens is 2. The highest BCUT2D eigenvalue weighted by molar-refractivity contribution is 6.42. The van der Waals surface area contributed by atoms with E-state index in [1.165, 1.54) is 0 Å². The zero-order valence-corrected chi connectivity index (χ0v) is 12.2. The van der Waals surface area contributed by atoms with E-state index in [9.17, 15) is 0 Å². The summed E-state index contributed by atoms with van der Waals surface area (Å²) in [6.07, 6.45) is 1.68. The van der Waals surface area contributed by atoms with Crippen LogP contribution in [0.5, 0.6) is 11.6 Å². The molecule has 0 bridgehead atoms. The van der Waals surface area contributed by atoms with Crippen LogP contribution in [-0.4, -0.2) is 12.0 Å². The second-order valence-corrected chi connectivity index (χ2v) is 4.85. The highest BCUT2D eigenvalue weighted by Gasteiger charge is 2.13. The number of nitrogens with one attached hydrogen (secondary N) is 1. The first-order valence-corrected chi connectivity index (χ1v) is 6.63. The Morgan fingerprint density at radius 1 is 1.21 bits per heavy atom. The minimum atomic E-state index is 0.127. The summed E-state index contributed by atoms with van der Waals surface area (Å²) in [6.45, 7) is 2.03. The molecule has 0 radical (unpaired) electrons. The Hall–Kier alpha value is -1.29. The summed E-state index contributed by atoms with van der Waals surface area (Å²) < 4.78 is 5.78. The molecule has 100 valence electrons. The molecule has 0 aliphatic carbocycles. The lowest BCUT2D eigenvalue weighted by Crippen LogP contribution is -2.13. The fourth-order valence-corrected chi connectivity index (χ4v) is 1.97. The van der Waals surface area contributed by atoms with Gasteiger partial charge in [-0.1, -0.05) is 35.3 Å². The molecule has 0 saturated heterocycles. The molecule has 19 heavy (non-hydrogen) atoms. The molecular weight excluding hydrogens is 283 g/mol. The number of ether oxygens (including phenoxy) is 1.